The summed E-state index contributed by atoms with van der Waals surface area (Å²) >= 11 is 0. The Labute approximate surface area is 163 Å². The SMILES string of the molecule is CCC1(c2cc(C(=O)c3conc3C(=O)O)c(S(C)(=O)=O)cc2C(F)(F)F)CC1. The molecular weight excluding hydrogens is 415 g/mol. The van der Waals surface area contributed by atoms with Gasteiger partial charge < -0.3 is 9.63 Å². The monoisotopic (exact) mass is 431 g/mol. The second kappa shape index (κ2) is 6.68. The summed E-state index contributed by atoms with van der Waals surface area (Å²) in [6.45, 7) is 1.71. The zero-order chi connectivity index (χ0) is 21.8. The molecule has 0 unspecified atom stereocenters. The van der Waals surface area contributed by atoms with E-state index in [-0.39, 0.29) is 5.56 Å². The number of aromatic nitrogens is 1. The van der Waals surface area contributed by atoms with Gasteiger partial charge in [0.15, 0.2) is 15.6 Å². The van der Waals surface area contributed by atoms with Gasteiger partial charge in [0.1, 0.15) is 6.26 Å². The lowest BCUT2D eigenvalue weighted by atomic mass is 9.86. The molecule has 3 rings (SSSR count). The molecule has 1 fully saturated rings. The van der Waals surface area contributed by atoms with Crippen LogP contribution in [0.4, 0.5) is 13.2 Å². The minimum Gasteiger partial charge on any atom is -0.476 e. The highest BCUT2D eigenvalue weighted by Crippen LogP contribution is 2.54. The molecule has 1 saturated carbocycles. The standard InChI is InChI=1S/C18H16F3NO6S/c1-3-17(4-5-17)11-6-9(15(23)10-8-28-22-14(10)16(24)25)13(29(2,26)27)7-12(11)18(19,20)21/h6-8H,3-5H2,1-2H3,(H,24,25). The van der Waals surface area contributed by atoms with Crippen molar-refractivity contribution in [3.63, 3.8) is 0 Å². The molecule has 2 aromatic rings. The highest BCUT2D eigenvalue weighted by molar-refractivity contribution is 7.90. The third kappa shape index (κ3) is 3.66. The van der Waals surface area contributed by atoms with Crippen LogP contribution >= 0.6 is 0 Å². The van der Waals surface area contributed by atoms with Crippen molar-refractivity contribution in [2.45, 2.75) is 42.7 Å². The first-order valence-electron chi connectivity index (χ1n) is 8.50. The smallest absolute Gasteiger partial charge is 0.416 e. The van der Waals surface area contributed by atoms with Crippen LogP contribution in [0.15, 0.2) is 27.8 Å². The Morgan fingerprint density at radius 3 is 2.31 bits per heavy atom. The number of alkyl halides is 3. The van der Waals surface area contributed by atoms with E-state index in [9.17, 15) is 31.2 Å². The predicted octanol–water partition coefficient (Wildman–Crippen LogP) is 3.47. The Morgan fingerprint density at radius 2 is 1.86 bits per heavy atom. The van der Waals surface area contributed by atoms with Crippen molar-refractivity contribution in [1.82, 2.24) is 5.16 Å². The Kier molecular flexibility index (Phi) is 4.85. The van der Waals surface area contributed by atoms with Crippen molar-refractivity contribution in [2.24, 2.45) is 0 Å². The van der Waals surface area contributed by atoms with Crippen molar-refractivity contribution in [3.8, 4) is 0 Å². The number of hydrogen-bond acceptors (Lipinski definition) is 6. The number of halogens is 3. The number of aromatic carboxylic acids is 1. The molecule has 0 bridgehead atoms. The molecule has 0 spiro atoms. The molecule has 29 heavy (non-hydrogen) atoms. The molecule has 0 aliphatic heterocycles. The van der Waals surface area contributed by atoms with E-state index in [0.717, 1.165) is 12.3 Å². The van der Waals surface area contributed by atoms with E-state index in [1.807, 2.05) is 0 Å². The molecule has 0 atom stereocenters. The van der Waals surface area contributed by atoms with Crippen LogP contribution < -0.4 is 0 Å². The average Bonchev–Trinajstić information content (AvgIpc) is 3.25. The second-order valence-electron chi connectivity index (χ2n) is 7.01. The fourth-order valence-corrected chi connectivity index (χ4v) is 4.28. The number of rotatable bonds is 6. The summed E-state index contributed by atoms with van der Waals surface area (Å²) in [6.07, 6.45) is -2.13. The van der Waals surface area contributed by atoms with Gasteiger partial charge in [-0.25, -0.2) is 13.2 Å². The van der Waals surface area contributed by atoms with E-state index in [4.69, 9.17) is 5.11 Å². The maximum absolute atomic E-state index is 13.7. The molecule has 156 valence electrons. The van der Waals surface area contributed by atoms with E-state index in [1.165, 1.54) is 0 Å². The molecule has 1 aromatic heterocycles. The molecule has 1 aliphatic rings. The Bertz CT molecular complexity index is 1110. The first-order valence-corrected chi connectivity index (χ1v) is 10.4. The average molecular weight is 431 g/mol. The normalized spacial score (nSPS) is 15.9. The van der Waals surface area contributed by atoms with Gasteiger partial charge >= 0.3 is 12.1 Å². The summed E-state index contributed by atoms with van der Waals surface area (Å²) in [5.41, 5.74) is -3.93. The zero-order valence-electron chi connectivity index (χ0n) is 15.3. The summed E-state index contributed by atoms with van der Waals surface area (Å²) in [6, 6.07) is 1.39. The molecule has 1 aliphatic carbocycles. The molecule has 1 heterocycles. The first kappa shape index (κ1) is 21.0. The molecule has 0 saturated heterocycles. The quantitative estimate of drug-likeness (QED) is 0.697. The predicted molar refractivity (Wildman–Crippen MR) is 92.7 cm³/mol. The van der Waals surface area contributed by atoms with Crippen molar-refractivity contribution < 1.29 is 40.8 Å². The lowest BCUT2D eigenvalue weighted by Crippen LogP contribution is -2.20. The van der Waals surface area contributed by atoms with Gasteiger partial charge in [0.25, 0.3) is 0 Å². The number of nitrogens with zero attached hydrogens (tertiary/aromatic N) is 1. The summed E-state index contributed by atoms with van der Waals surface area (Å²) in [4.78, 5) is 23.3. The number of hydrogen-bond donors (Lipinski definition) is 1. The Hall–Kier alpha value is -2.69. The fourth-order valence-electron chi connectivity index (χ4n) is 3.40. The van der Waals surface area contributed by atoms with Gasteiger partial charge in [0, 0.05) is 11.8 Å². The largest absolute Gasteiger partial charge is 0.476 e. The number of carboxylic acids is 1. The highest BCUT2D eigenvalue weighted by atomic mass is 32.2. The van der Waals surface area contributed by atoms with Crippen LogP contribution in [0.5, 0.6) is 0 Å². The number of sulfone groups is 1. The van der Waals surface area contributed by atoms with Gasteiger partial charge in [0.2, 0.25) is 5.69 Å². The molecule has 1 aromatic carbocycles. The van der Waals surface area contributed by atoms with E-state index < -0.39 is 60.5 Å². The number of carboxylic acid groups (broad SMARTS) is 1. The summed E-state index contributed by atoms with van der Waals surface area (Å²) in [7, 11) is -4.25. The first-order chi connectivity index (χ1) is 13.3. The minimum atomic E-state index is -4.83. The fraction of sp³-hybridized carbons (Fsp3) is 0.389. The van der Waals surface area contributed by atoms with Crippen LogP contribution in [-0.2, 0) is 21.4 Å². The van der Waals surface area contributed by atoms with Crippen LogP contribution in [-0.4, -0.2) is 36.7 Å². The number of carbonyl (C=O) groups excluding carboxylic acids is 1. The Morgan fingerprint density at radius 1 is 1.24 bits per heavy atom. The zero-order valence-corrected chi connectivity index (χ0v) is 16.1. The van der Waals surface area contributed by atoms with Crippen LogP contribution in [0.2, 0.25) is 0 Å². The van der Waals surface area contributed by atoms with Crippen LogP contribution in [0.25, 0.3) is 0 Å². The summed E-state index contributed by atoms with van der Waals surface area (Å²) < 4.78 is 70.0. The lowest BCUT2D eigenvalue weighted by molar-refractivity contribution is -0.138. The third-order valence-corrected chi connectivity index (χ3v) is 6.32. The van der Waals surface area contributed by atoms with Crippen molar-refractivity contribution in [2.75, 3.05) is 6.26 Å². The van der Waals surface area contributed by atoms with Crippen molar-refractivity contribution >= 4 is 21.6 Å². The summed E-state index contributed by atoms with van der Waals surface area (Å²) in [5.74, 6) is -2.69. The lowest BCUT2D eigenvalue weighted by Gasteiger charge is -2.22. The molecule has 1 N–H and O–H groups in total. The van der Waals surface area contributed by atoms with Crippen molar-refractivity contribution in [1.29, 1.82) is 0 Å². The third-order valence-electron chi connectivity index (χ3n) is 5.19. The van der Waals surface area contributed by atoms with Gasteiger partial charge in [-0.05, 0) is 42.4 Å². The van der Waals surface area contributed by atoms with Gasteiger partial charge in [-0.3, -0.25) is 4.79 Å². The summed E-state index contributed by atoms with van der Waals surface area (Å²) in [5, 5.41) is 12.3. The maximum atomic E-state index is 13.7. The van der Waals surface area contributed by atoms with Crippen molar-refractivity contribution in [3.05, 3.63) is 46.3 Å². The molecular formula is C18H16F3NO6S. The number of carbonyl (C=O) groups is 2. The Balaban J connectivity index is 2.34. The van der Waals surface area contributed by atoms with Gasteiger partial charge in [-0.1, -0.05) is 12.1 Å². The highest BCUT2D eigenvalue weighted by Gasteiger charge is 2.49. The van der Waals surface area contributed by atoms with Gasteiger partial charge in [-0.2, -0.15) is 13.2 Å². The van der Waals surface area contributed by atoms with E-state index in [0.29, 0.717) is 31.6 Å². The molecule has 0 amide bonds. The maximum Gasteiger partial charge on any atom is 0.416 e. The van der Waals surface area contributed by atoms with Gasteiger partial charge in [-0.15, -0.1) is 0 Å². The van der Waals surface area contributed by atoms with Gasteiger partial charge in [0.05, 0.1) is 16.0 Å². The second-order valence-corrected chi connectivity index (χ2v) is 8.99. The molecule has 0 radical (unpaired) electrons. The van der Waals surface area contributed by atoms with Crippen LogP contribution in [0.3, 0.4) is 0 Å². The molecule has 7 nitrogen and oxygen atoms in total. The number of benzene rings is 1. The van der Waals surface area contributed by atoms with Crippen LogP contribution in [0.1, 0.15) is 63.7 Å². The molecule has 11 heteroatoms. The topological polar surface area (TPSA) is 115 Å². The van der Waals surface area contributed by atoms with E-state index in [1.54, 1.807) is 6.92 Å². The minimum absolute atomic E-state index is 0.170. The van der Waals surface area contributed by atoms with E-state index in [2.05, 4.69) is 9.68 Å². The van der Waals surface area contributed by atoms with E-state index >= 15 is 0 Å². The number of ketones is 1. The van der Waals surface area contributed by atoms with Crippen LogP contribution in [0, 0.1) is 0 Å².